The number of carbonyl (C=O) groups excluding carboxylic acids is 1. The number of thioether (sulfide) groups is 1. The maximum absolute atomic E-state index is 12.3. The minimum atomic E-state index is -0.310. The van der Waals surface area contributed by atoms with E-state index in [0.29, 0.717) is 0 Å². The highest BCUT2D eigenvalue weighted by atomic mass is 32.2. The van der Waals surface area contributed by atoms with E-state index >= 15 is 0 Å². The van der Waals surface area contributed by atoms with E-state index in [-0.39, 0.29) is 11.9 Å². The zero-order valence-corrected chi connectivity index (χ0v) is 13.8. The highest BCUT2D eigenvalue weighted by molar-refractivity contribution is 7.98. The molecule has 0 rings (SSSR count). The van der Waals surface area contributed by atoms with E-state index < -0.39 is 0 Å². The number of amides is 1. The Balaban J connectivity index is 4.21. The Labute approximate surface area is 123 Å². The van der Waals surface area contributed by atoms with Crippen LogP contribution in [0, 0.1) is 0 Å². The van der Waals surface area contributed by atoms with Crippen LogP contribution in [0.2, 0.25) is 0 Å². The molecule has 0 spiro atoms. The second-order valence-corrected chi connectivity index (χ2v) is 6.11. The smallest absolute Gasteiger partial charge is 0.239 e. The second kappa shape index (κ2) is 12.8. The number of nitrogens with zero attached hydrogens (tertiary/aromatic N) is 1. The molecule has 0 saturated carbocycles. The molecule has 4 heteroatoms. The summed E-state index contributed by atoms with van der Waals surface area (Å²) >= 11 is 1.75. The Morgan fingerprint density at radius 2 is 1.63 bits per heavy atom. The number of hydrogen-bond acceptors (Lipinski definition) is 3. The monoisotopic (exact) mass is 288 g/mol. The van der Waals surface area contributed by atoms with E-state index in [1.165, 1.54) is 25.7 Å². The Kier molecular flexibility index (Phi) is 12.6. The first-order chi connectivity index (χ1) is 9.17. The second-order valence-electron chi connectivity index (χ2n) is 5.13. The SMILES string of the molecule is CCCCCN(CCCCC)C(=O)[C@H](N)CCSC. The molecule has 0 aromatic heterocycles. The van der Waals surface area contributed by atoms with Gasteiger partial charge in [0, 0.05) is 13.1 Å². The van der Waals surface area contributed by atoms with Gasteiger partial charge in [-0.15, -0.1) is 0 Å². The quantitative estimate of drug-likeness (QED) is 0.561. The average Bonchev–Trinajstić information content (AvgIpc) is 2.42. The van der Waals surface area contributed by atoms with Crippen molar-refractivity contribution in [3.63, 3.8) is 0 Å². The van der Waals surface area contributed by atoms with Gasteiger partial charge < -0.3 is 10.6 Å². The molecular weight excluding hydrogens is 256 g/mol. The maximum atomic E-state index is 12.3. The molecule has 0 unspecified atom stereocenters. The van der Waals surface area contributed by atoms with E-state index in [2.05, 4.69) is 20.1 Å². The number of nitrogens with two attached hydrogens (primary N) is 1. The van der Waals surface area contributed by atoms with Gasteiger partial charge >= 0.3 is 0 Å². The van der Waals surface area contributed by atoms with Crippen LogP contribution >= 0.6 is 11.8 Å². The number of unbranched alkanes of at least 4 members (excludes halogenated alkanes) is 4. The van der Waals surface area contributed by atoms with Crippen molar-refractivity contribution in [2.75, 3.05) is 25.1 Å². The van der Waals surface area contributed by atoms with Crippen molar-refractivity contribution in [2.24, 2.45) is 5.73 Å². The molecule has 1 amide bonds. The molecule has 0 fully saturated rings. The molecule has 0 heterocycles. The molecule has 0 aliphatic carbocycles. The summed E-state index contributed by atoms with van der Waals surface area (Å²) in [5, 5.41) is 0. The first-order valence-corrected chi connectivity index (χ1v) is 9.10. The fourth-order valence-electron chi connectivity index (χ4n) is 2.04. The standard InChI is InChI=1S/C15H32N2OS/c1-4-6-8-11-17(12-9-7-5-2)15(18)14(16)10-13-19-3/h14H,4-13,16H2,1-3H3/t14-/m1/s1. The molecular formula is C15H32N2OS. The summed E-state index contributed by atoms with van der Waals surface area (Å²) in [6, 6.07) is -0.310. The lowest BCUT2D eigenvalue weighted by Gasteiger charge is -2.25. The van der Waals surface area contributed by atoms with Crippen LogP contribution < -0.4 is 5.73 Å². The Hall–Kier alpha value is -0.220. The largest absolute Gasteiger partial charge is 0.341 e. The summed E-state index contributed by atoms with van der Waals surface area (Å²) in [5.74, 6) is 1.12. The first kappa shape index (κ1) is 18.8. The van der Waals surface area contributed by atoms with Gasteiger partial charge in [-0.25, -0.2) is 0 Å². The van der Waals surface area contributed by atoms with E-state index in [4.69, 9.17) is 5.73 Å². The molecule has 2 N–H and O–H groups in total. The van der Waals surface area contributed by atoms with Crippen LogP contribution in [0.15, 0.2) is 0 Å². The summed E-state index contributed by atoms with van der Waals surface area (Å²) in [4.78, 5) is 14.3. The lowest BCUT2D eigenvalue weighted by molar-refractivity contribution is -0.132. The molecule has 0 aromatic carbocycles. The van der Waals surface area contributed by atoms with E-state index in [1.54, 1.807) is 11.8 Å². The summed E-state index contributed by atoms with van der Waals surface area (Å²) in [7, 11) is 0. The third-order valence-corrected chi connectivity index (χ3v) is 3.97. The molecule has 114 valence electrons. The molecule has 0 saturated heterocycles. The Bertz CT molecular complexity index is 214. The fraction of sp³-hybridized carbons (Fsp3) is 0.933. The van der Waals surface area contributed by atoms with Crippen molar-refractivity contribution < 1.29 is 4.79 Å². The van der Waals surface area contributed by atoms with Crippen molar-refractivity contribution >= 4 is 17.7 Å². The van der Waals surface area contributed by atoms with Crippen LogP contribution in [0.3, 0.4) is 0 Å². The summed E-state index contributed by atoms with van der Waals surface area (Å²) in [6.45, 7) is 6.13. The topological polar surface area (TPSA) is 46.3 Å². The normalized spacial score (nSPS) is 12.4. The first-order valence-electron chi connectivity index (χ1n) is 7.70. The van der Waals surface area contributed by atoms with Crippen LogP contribution in [-0.2, 0) is 4.79 Å². The molecule has 0 aromatic rings. The van der Waals surface area contributed by atoms with Crippen molar-refractivity contribution in [3.05, 3.63) is 0 Å². The van der Waals surface area contributed by atoms with Crippen LogP contribution in [0.4, 0.5) is 0 Å². The minimum absolute atomic E-state index is 0.154. The van der Waals surface area contributed by atoms with Crippen LogP contribution in [0.25, 0.3) is 0 Å². The van der Waals surface area contributed by atoms with Crippen LogP contribution in [0.5, 0.6) is 0 Å². The van der Waals surface area contributed by atoms with Crippen molar-refractivity contribution in [1.82, 2.24) is 4.90 Å². The van der Waals surface area contributed by atoms with Gasteiger partial charge in [0.25, 0.3) is 0 Å². The van der Waals surface area contributed by atoms with Crippen molar-refractivity contribution in [1.29, 1.82) is 0 Å². The van der Waals surface area contributed by atoms with Gasteiger partial charge in [0.15, 0.2) is 0 Å². The van der Waals surface area contributed by atoms with Gasteiger partial charge in [0.05, 0.1) is 6.04 Å². The maximum Gasteiger partial charge on any atom is 0.239 e. The van der Waals surface area contributed by atoms with E-state index in [0.717, 1.165) is 38.1 Å². The highest BCUT2D eigenvalue weighted by Gasteiger charge is 2.19. The predicted octanol–water partition coefficient (Wildman–Crippen LogP) is 3.28. The summed E-state index contributed by atoms with van der Waals surface area (Å²) in [5.41, 5.74) is 6.01. The lowest BCUT2D eigenvalue weighted by atomic mass is 10.1. The van der Waals surface area contributed by atoms with Crippen molar-refractivity contribution in [3.8, 4) is 0 Å². The van der Waals surface area contributed by atoms with Gasteiger partial charge in [-0.1, -0.05) is 39.5 Å². The van der Waals surface area contributed by atoms with E-state index in [9.17, 15) is 4.79 Å². The average molecular weight is 289 g/mol. The van der Waals surface area contributed by atoms with Gasteiger partial charge in [-0.05, 0) is 31.3 Å². The number of rotatable bonds is 12. The van der Waals surface area contributed by atoms with Gasteiger partial charge in [0.2, 0.25) is 5.91 Å². The Morgan fingerprint density at radius 3 is 2.05 bits per heavy atom. The Morgan fingerprint density at radius 1 is 1.11 bits per heavy atom. The highest BCUT2D eigenvalue weighted by Crippen LogP contribution is 2.07. The summed E-state index contributed by atoms with van der Waals surface area (Å²) in [6.07, 6.45) is 9.81. The fourth-order valence-corrected chi connectivity index (χ4v) is 2.53. The van der Waals surface area contributed by atoms with Crippen molar-refractivity contribution in [2.45, 2.75) is 64.8 Å². The molecule has 0 radical (unpaired) electrons. The molecule has 0 aliphatic heterocycles. The zero-order chi connectivity index (χ0) is 14.5. The molecule has 3 nitrogen and oxygen atoms in total. The lowest BCUT2D eigenvalue weighted by Crippen LogP contribution is -2.45. The predicted molar refractivity (Wildman–Crippen MR) is 86.6 cm³/mol. The molecule has 0 bridgehead atoms. The summed E-state index contributed by atoms with van der Waals surface area (Å²) < 4.78 is 0. The third kappa shape index (κ3) is 9.33. The molecule has 1 atom stereocenters. The van der Waals surface area contributed by atoms with Gasteiger partial charge in [0.1, 0.15) is 0 Å². The zero-order valence-electron chi connectivity index (χ0n) is 13.0. The number of hydrogen-bond donors (Lipinski definition) is 1. The van der Waals surface area contributed by atoms with Gasteiger partial charge in [-0.3, -0.25) is 4.79 Å². The molecule has 0 aliphatic rings. The molecule has 19 heavy (non-hydrogen) atoms. The van der Waals surface area contributed by atoms with Crippen LogP contribution in [0.1, 0.15) is 58.8 Å². The number of carbonyl (C=O) groups is 1. The minimum Gasteiger partial charge on any atom is -0.341 e. The van der Waals surface area contributed by atoms with E-state index in [1.807, 2.05) is 4.90 Å². The third-order valence-electron chi connectivity index (χ3n) is 3.33. The van der Waals surface area contributed by atoms with Gasteiger partial charge in [-0.2, -0.15) is 11.8 Å². The van der Waals surface area contributed by atoms with Crippen LogP contribution in [-0.4, -0.2) is 41.9 Å².